The summed E-state index contributed by atoms with van der Waals surface area (Å²) in [7, 11) is 0. The molecule has 1 heterocycles. The monoisotopic (exact) mass is 309 g/mol. The van der Waals surface area contributed by atoms with Crippen LogP contribution in [0.2, 0.25) is 0 Å². The van der Waals surface area contributed by atoms with Crippen LogP contribution in [0.1, 0.15) is 15.9 Å². The van der Waals surface area contributed by atoms with Crippen LogP contribution in [-0.2, 0) is 4.74 Å². The molecule has 1 unspecified atom stereocenters. The summed E-state index contributed by atoms with van der Waals surface area (Å²) in [5.41, 5.74) is 1.28. The molecule has 0 bridgehead atoms. The summed E-state index contributed by atoms with van der Waals surface area (Å²) < 4.78 is 4.86. The minimum atomic E-state index is -1.56. The van der Waals surface area contributed by atoms with Gasteiger partial charge in [0.1, 0.15) is 24.4 Å². The first-order valence-corrected chi connectivity index (χ1v) is 6.82. The van der Waals surface area contributed by atoms with E-state index in [1.807, 2.05) is 0 Å². The third-order valence-corrected chi connectivity index (χ3v) is 3.53. The van der Waals surface area contributed by atoms with Crippen molar-refractivity contribution in [3.8, 4) is 0 Å². The average Bonchev–Trinajstić information content (AvgIpc) is 2.80. The molecule has 0 radical (unpaired) electrons. The van der Waals surface area contributed by atoms with Gasteiger partial charge in [-0.15, -0.1) is 0 Å². The van der Waals surface area contributed by atoms with Gasteiger partial charge in [0.15, 0.2) is 6.29 Å². The maximum Gasteiger partial charge on any atom is 0.251 e. The Morgan fingerprint density at radius 3 is 2.41 bits per heavy atom. The number of carbonyl (C=O) groups is 1. The van der Waals surface area contributed by atoms with Crippen molar-refractivity contribution in [1.82, 2.24) is 5.32 Å². The second-order valence-corrected chi connectivity index (χ2v) is 5.08. The largest absolute Gasteiger partial charge is 0.388 e. The van der Waals surface area contributed by atoms with E-state index in [-0.39, 0.29) is 6.54 Å². The van der Waals surface area contributed by atoms with Crippen molar-refractivity contribution >= 4 is 12.0 Å². The molecule has 1 aromatic rings. The molecule has 1 aliphatic heterocycles. The third kappa shape index (κ3) is 3.52. The maximum atomic E-state index is 11.9. The Morgan fingerprint density at radius 1 is 1.27 bits per heavy atom. The topological polar surface area (TPSA) is 119 Å². The fourth-order valence-electron chi connectivity index (χ4n) is 2.19. The van der Waals surface area contributed by atoms with Crippen molar-refractivity contribution in [3.05, 3.63) is 42.0 Å². The maximum absolute atomic E-state index is 11.9. The summed E-state index contributed by atoms with van der Waals surface area (Å²) in [6, 6.07) is 6.70. The van der Waals surface area contributed by atoms with E-state index in [2.05, 4.69) is 11.9 Å². The molecule has 1 saturated heterocycles. The summed E-state index contributed by atoms with van der Waals surface area (Å²) in [5, 5.41) is 40.6. The van der Waals surface area contributed by atoms with Crippen molar-refractivity contribution in [2.24, 2.45) is 0 Å². The lowest BCUT2D eigenvalue weighted by Crippen LogP contribution is -2.44. The Kier molecular flexibility index (Phi) is 5.28. The molecule has 1 aliphatic rings. The van der Waals surface area contributed by atoms with E-state index in [1.54, 1.807) is 30.3 Å². The van der Waals surface area contributed by atoms with E-state index >= 15 is 0 Å². The Morgan fingerprint density at radius 2 is 1.91 bits per heavy atom. The van der Waals surface area contributed by atoms with E-state index in [9.17, 15) is 25.2 Å². The fourth-order valence-corrected chi connectivity index (χ4v) is 2.19. The first-order valence-electron chi connectivity index (χ1n) is 6.82. The number of nitrogens with one attached hydrogen (secondary N) is 1. The van der Waals surface area contributed by atoms with Crippen molar-refractivity contribution < 1.29 is 30.0 Å². The number of rotatable bonds is 5. The Hall–Kier alpha value is -1.77. The van der Waals surface area contributed by atoms with Gasteiger partial charge in [0.05, 0.1) is 0 Å². The molecule has 1 fully saturated rings. The molecule has 0 saturated carbocycles. The van der Waals surface area contributed by atoms with Gasteiger partial charge in [-0.1, -0.05) is 24.8 Å². The second kappa shape index (κ2) is 6.99. The highest BCUT2D eigenvalue weighted by atomic mass is 16.6. The number of carbonyl (C=O) groups excluding carboxylic acids is 1. The van der Waals surface area contributed by atoms with Crippen molar-refractivity contribution in [1.29, 1.82) is 0 Å². The van der Waals surface area contributed by atoms with Gasteiger partial charge in [-0.3, -0.25) is 4.79 Å². The average molecular weight is 309 g/mol. The van der Waals surface area contributed by atoms with Crippen LogP contribution in [0.4, 0.5) is 0 Å². The SMILES string of the molecule is C=Cc1ccc(C(=O)NC[C@@H](O)[C@@H]2OC(O)[C@H](O)[C@H]2O)cc1. The first-order chi connectivity index (χ1) is 10.4. The molecule has 120 valence electrons. The predicted molar refractivity (Wildman–Crippen MR) is 77.8 cm³/mol. The highest BCUT2D eigenvalue weighted by molar-refractivity contribution is 5.94. The van der Waals surface area contributed by atoms with Crippen LogP contribution in [0.25, 0.3) is 6.08 Å². The number of hydrogen-bond donors (Lipinski definition) is 5. The van der Waals surface area contributed by atoms with Crippen LogP contribution in [0.3, 0.4) is 0 Å². The number of aliphatic hydroxyl groups excluding tert-OH is 4. The van der Waals surface area contributed by atoms with Crippen LogP contribution in [0, 0.1) is 0 Å². The highest BCUT2D eigenvalue weighted by Gasteiger charge is 2.45. The number of aliphatic hydroxyl groups is 4. The van der Waals surface area contributed by atoms with Crippen LogP contribution in [0.5, 0.6) is 0 Å². The number of hydrogen-bond acceptors (Lipinski definition) is 6. The highest BCUT2D eigenvalue weighted by Crippen LogP contribution is 2.22. The van der Waals surface area contributed by atoms with Gasteiger partial charge in [-0.2, -0.15) is 0 Å². The van der Waals surface area contributed by atoms with E-state index in [1.165, 1.54) is 0 Å². The summed E-state index contributed by atoms with van der Waals surface area (Å²) in [6.45, 7) is 3.43. The molecule has 0 spiro atoms. The summed E-state index contributed by atoms with van der Waals surface area (Å²) in [4.78, 5) is 11.9. The van der Waals surface area contributed by atoms with Crippen LogP contribution >= 0.6 is 0 Å². The quantitative estimate of drug-likeness (QED) is 0.469. The molecule has 1 amide bonds. The van der Waals surface area contributed by atoms with Gasteiger partial charge in [-0.05, 0) is 17.7 Å². The Labute approximate surface area is 127 Å². The molecule has 7 nitrogen and oxygen atoms in total. The number of amides is 1. The van der Waals surface area contributed by atoms with Gasteiger partial charge in [0.2, 0.25) is 0 Å². The smallest absolute Gasteiger partial charge is 0.251 e. The molecular weight excluding hydrogens is 290 g/mol. The van der Waals surface area contributed by atoms with Gasteiger partial charge in [0.25, 0.3) is 5.91 Å². The van der Waals surface area contributed by atoms with Gasteiger partial charge in [-0.25, -0.2) is 0 Å². The molecule has 0 aliphatic carbocycles. The summed E-state index contributed by atoms with van der Waals surface area (Å²) in [5.74, 6) is -0.400. The van der Waals surface area contributed by atoms with E-state index in [0.29, 0.717) is 5.56 Å². The zero-order valence-corrected chi connectivity index (χ0v) is 11.8. The van der Waals surface area contributed by atoms with Crippen LogP contribution < -0.4 is 5.32 Å². The molecule has 22 heavy (non-hydrogen) atoms. The van der Waals surface area contributed by atoms with E-state index < -0.39 is 36.6 Å². The summed E-state index contributed by atoms with van der Waals surface area (Å²) in [6.07, 6.45) is -5.25. The van der Waals surface area contributed by atoms with Crippen molar-refractivity contribution in [3.63, 3.8) is 0 Å². The fraction of sp³-hybridized carbons (Fsp3) is 0.400. The molecule has 5 atom stereocenters. The minimum absolute atomic E-state index is 0.191. The minimum Gasteiger partial charge on any atom is -0.388 e. The van der Waals surface area contributed by atoms with Crippen molar-refractivity contribution in [2.45, 2.75) is 30.7 Å². The van der Waals surface area contributed by atoms with Crippen LogP contribution in [0.15, 0.2) is 30.8 Å². The van der Waals surface area contributed by atoms with Crippen LogP contribution in [-0.4, -0.2) is 63.6 Å². The zero-order chi connectivity index (χ0) is 16.3. The number of benzene rings is 1. The molecule has 0 aromatic heterocycles. The number of ether oxygens (including phenoxy) is 1. The first kappa shape index (κ1) is 16.6. The normalized spacial score (nSPS) is 29.1. The lowest BCUT2D eigenvalue weighted by Gasteiger charge is -2.21. The predicted octanol–water partition coefficient (Wildman–Crippen LogP) is -1.14. The second-order valence-electron chi connectivity index (χ2n) is 5.08. The van der Waals surface area contributed by atoms with Gasteiger partial charge < -0.3 is 30.5 Å². The lowest BCUT2D eigenvalue weighted by molar-refractivity contribution is -0.145. The molecular formula is C15H19NO6. The van der Waals surface area contributed by atoms with E-state index in [4.69, 9.17) is 4.74 Å². The molecule has 7 heteroatoms. The standard InChI is InChI=1S/C15H19NO6/c1-2-8-3-5-9(6-4-8)14(20)16-7-10(17)13-11(18)12(19)15(21)22-13/h2-6,10-13,15,17-19,21H,1,7H2,(H,16,20)/t10-,11-,12-,13+,15?/m1/s1. The summed E-state index contributed by atoms with van der Waals surface area (Å²) >= 11 is 0. The lowest BCUT2D eigenvalue weighted by atomic mass is 10.1. The Bertz CT molecular complexity index is 531. The van der Waals surface area contributed by atoms with Gasteiger partial charge >= 0.3 is 0 Å². The van der Waals surface area contributed by atoms with Gasteiger partial charge in [0, 0.05) is 12.1 Å². The molecule has 1 aromatic carbocycles. The third-order valence-electron chi connectivity index (χ3n) is 3.53. The molecule has 5 N–H and O–H groups in total. The van der Waals surface area contributed by atoms with E-state index in [0.717, 1.165) is 5.56 Å². The Balaban J connectivity index is 1.89. The molecule has 2 rings (SSSR count). The van der Waals surface area contributed by atoms with Crippen molar-refractivity contribution in [2.75, 3.05) is 6.54 Å². The zero-order valence-electron chi connectivity index (χ0n) is 11.8.